The molecule has 1 atom stereocenters. The third-order valence-electron chi connectivity index (χ3n) is 4.63. The van der Waals surface area contributed by atoms with Crippen molar-refractivity contribution in [1.82, 2.24) is 0 Å². The summed E-state index contributed by atoms with van der Waals surface area (Å²) in [5.41, 5.74) is 0. The molecule has 0 saturated carbocycles. The number of hydrogen-bond donors (Lipinski definition) is 0. The molecule has 3 heterocycles. The highest BCUT2D eigenvalue weighted by molar-refractivity contribution is 5.88. The first kappa shape index (κ1) is 20.7. The number of allylic oxidation sites excluding steroid dienone is 1. The van der Waals surface area contributed by atoms with E-state index in [-0.39, 0.29) is 35.7 Å². The van der Waals surface area contributed by atoms with Crippen molar-refractivity contribution in [3.63, 3.8) is 0 Å². The Morgan fingerprint density at radius 2 is 1.89 bits per heavy atom. The zero-order valence-electron chi connectivity index (χ0n) is 17.1. The fourth-order valence-electron chi connectivity index (χ4n) is 3.11. The number of halogens is 1. The van der Waals surface area contributed by atoms with Gasteiger partial charge in [-0.2, -0.15) is 4.39 Å². The molecule has 1 fully saturated rings. The van der Waals surface area contributed by atoms with Crippen LogP contribution in [0.5, 0.6) is 17.4 Å². The average molecular weight is 398 g/mol. The van der Waals surface area contributed by atoms with E-state index in [0.717, 1.165) is 12.8 Å². The van der Waals surface area contributed by atoms with Gasteiger partial charge in [-0.05, 0) is 38.7 Å². The maximum absolute atomic E-state index is 14.4. The van der Waals surface area contributed by atoms with Gasteiger partial charge in [0, 0.05) is 13.8 Å². The Bertz CT molecular complexity index is 774. The minimum absolute atomic E-state index is 0.0482. The molecule has 2 aliphatic rings. The first-order valence-electron chi connectivity index (χ1n) is 9.51. The summed E-state index contributed by atoms with van der Waals surface area (Å²) < 4.78 is 48.0. The van der Waals surface area contributed by atoms with Gasteiger partial charge in [0.05, 0.1) is 6.61 Å². The normalized spacial score (nSPS) is 22.7. The molecule has 1 saturated heterocycles. The number of fused-ring (bicyclic) bond motifs is 1. The minimum Gasteiger partial charge on any atom is -0.441 e. The van der Waals surface area contributed by atoms with Crippen molar-refractivity contribution >= 4 is 5.97 Å². The molecule has 156 valence electrons. The third kappa shape index (κ3) is 4.17. The highest BCUT2D eigenvalue weighted by Gasteiger charge is 2.45. The molecule has 0 bridgehead atoms. The summed E-state index contributed by atoms with van der Waals surface area (Å²) in [6.07, 6.45) is 2.07. The zero-order chi connectivity index (χ0) is 20.7. The summed E-state index contributed by atoms with van der Waals surface area (Å²) in [5, 5.41) is 0. The van der Waals surface area contributed by atoms with Crippen LogP contribution in [0.2, 0.25) is 0 Å². The lowest BCUT2D eigenvalue weighted by atomic mass is 10.0. The minimum atomic E-state index is -1.12. The number of furan rings is 1. The van der Waals surface area contributed by atoms with Gasteiger partial charge >= 0.3 is 11.9 Å². The molecule has 0 N–H and O–H groups in total. The average Bonchev–Trinajstić information content (AvgIpc) is 3.22. The number of carbonyl (C=O) groups excluding carboxylic acids is 1. The van der Waals surface area contributed by atoms with E-state index >= 15 is 0 Å². The van der Waals surface area contributed by atoms with E-state index in [9.17, 15) is 9.18 Å². The van der Waals surface area contributed by atoms with Gasteiger partial charge in [-0.25, -0.2) is 4.79 Å². The molecule has 0 aliphatic carbocycles. The largest absolute Gasteiger partial charge is 0.441 e. The van der Waals surface area contributed by atoms with Crippen LogP contribution in [0.25, 0.3) is 0 Å². The molecule has 2 aliphatic heterocycles. The molecule has 0 radical (unpaired) electrons. The molecule has 8 heteroatoms. The Morgan fingerprint density at radius 1 is 1.21 bits per heavy atom. The Morgan fingerprint density at radius 3 is 2.46 bits per heavy atom. The predicted octanol–water partition coefficient (Wildman–Crippen LogP) is 4.81. The molecular formula is C20H27FO7. The first-order valence-corrected chi connectivity index (χ1v) is 9.51. The number of hydrogen-bond acceptors (Lipinski definition) is 7. The SMILES string of the molecule is CCC(/C=C(/F)C(=O)Oc1c(C2COC(C)(C)O2)oc2c1OC(C)(C)O2)CC. The Balaban J connectivity index is 1.90. The number of carbonyl (C=O) groups is 1. The topological polar surface area (TPSA) is 76.4 Å². The van der Waals surface area contributed by atoms with E-state index in [2.05, 4.69) is 0 Å². The van der Waals surface area contributed by atoms with Crippen LogP contribution in [0.3, 0.4) is 0 Å². The number of esters is 1. The van der Waals surface area contributed by atoms with Gasteiger partial charge in [0.25, 0.3) is 5.75 Å². The van der Waals surface area contributed by atoms with Gasteiger partial charge in [0.15, 0.2) is 11.5 Å². The molecule has 0 spiro atoms. The summed E-state index contributed by atoms with van der Waals surface area (Å²) in [4.78, 5) is 12.4. The third-order valence-corrected chi connectivity index (χ3v) is 4.63. The highest BCUT2D eigenvalue weighted by atomic mass is 19.1. The van der Waals surface area contributed by atoms with Crippen molar-refractivity contribution in [2.24, 2.45) is 5.92 Å². The van der Waals surface area contributed by atoms with Crippen molar-refractivity contribution in [2.75, 3.05) is 6.61 Å². The van der Waals surface area contributed by atoms with Gasteiger partial charge in [-0.1, -0.05) is 13.8 Å². The van der Waals surface area contributed by atoms with E-state index < -0.39 is 29.5 Å². The summed E-state index contributed by atoms with van der Waals surface area (Å²) in [6, 6.07) is 0. The van der Waals surface area contributed by atoms with Crippen LogP contribution in [-0.2, 0) is 14.3 Å². The van der Waals surface area contributed by atoms with E-state index in [1.54, 1.807) is 27.7 Å². The highest BCUT2D eigenvalue weighted by Crippen LogP contribution is 2.54. The molecule has 1 aromatic heterocycles. The van der Waals surface area contributed by atoms with Crippen molar-refractivity contribution in [1.29, 1.82) is 0 Å². The number of rotatable bonds is 6. The lowest BCUT2D eigenvalue weighted by Crippen LogP contribution is -2.30. The van der Waals surface area contributed by atoms with Crippen molar-refractivity contribution in [3.05, 3.63) is 17.7 Å². The second-order valence-corrected chi connectivity index (χ2v) is 7.81. The van der Waals surface area contributed by atoms with Crippen LogP contribution in [0.4, 0.5) is 4.39 Å². The van der Waals surface area contributed by atoms with Crippen molar-refractivity contribution < 1.29 is 37.3 Å². The smallest absolute Gasteiger partial charge is 0.372 e. The molecule has 0 aromatic carbocycles. The summed E-state index contributed by atoms with van der Waals surface area (Å²) in [6.45, 7) is 10.9. The maximum Gasteiger partial charge on any atom is 0.372 e. The maximum atomic E-state index is 14.4. The molecule has 7 nitrogen and oxygen atoms in total. The Kier molecular flexibility index (Phi) is 5.46. The van der Waals surface area contributed by atoms with Crippen LogP contribution < -0.4 is 14.2 Å². The van der Waals surface area contributed by atoms with Crippen LogP contribution >= 0.6 is 0 Å². The van der Waals surface area contributed by atoms with Crippen LogP contribution in [-0.4, -0.2) is 24.2 Å². The van der Waals surface area contributed by atoms with Crippen LogP contribution in [0, 0.1) is 5.92 Å². The second kappa shape index (κ2) is 7.40. The van der Waals surface area contributed by atoms with E-state index in [0.29, 0.717) is 0 Å². The molecule has 0 amide bonds. The van der Waals surface area contributed by atoms with E-state index in [1.807, 2.05) is 13.8 Å². The van der Waals surface area contributed by atoms with E-state index in [1.165, 1.54) is 6.08 Å². The summed E-state index contributed by atoms with van der Waals surface area (Å²) in [7, 11) is 0. The van der Waals surface area contributed by atoms with E-state index in [4.69, 9.17) is 28.1 Å². The van der Waals surface area contributed by atoms with Crippen LogP contribution in [0.15, 0.2) is 16.3 Å². The van der Waals surface area contributed by atoms with Gasteiger partial charge in [-0.3, -0.25) is 0 Å². The lowest BCUT2D eigenvalue weighted by molar-refractivity contribution is -0.142. The van der Waals surface area contributed by atoms with Gasteiger partial charge in [0.1, 0.15) is 6.10 Å². The molecule has 1 aromatic rings. The van der Waals surface area contributed by atoms with Gasteiger partial charge in [0.2, 0.25) is 17.4 Å². The first-order chi connectivity index (χ1) is 13.0. The molecule has 3 rings (SSSR count). The van der Waals surface area contributed by atoms with Gasteiger partial charge in [-0.15, -0.1) is 0 Å². The quantitative estimate of drug-likeness (QED) is 0.503. The van der Waals surface area contributed by atoms with Crippen molar-refractivity contribution in [3.8, 4) is 17.4 Å². The monoisotopic (exact) mass is 398 g/mol. The van der Waals surface area contributed by atoms with Crippen molar-refractivity contribution in [2.45, 2.75) is 72.1 Å². The number of ether oxygens (including phenoxy) is 5. The fourth-order valence-corrected chi connectivity index (χ4v) is 3.11. The van der Waals surface area contributed by atoms with Crippen LogP contribution in [0.1, 0.15) is 66.2 Å². The summed E-state index contributed by atoms with van der Waals surface area (Å²) in [5.74, 6) is -3.68. The predicted molar refractivity (Wildman–Crippen MR) is 96.8 cm³/mol. The Labute approximate surface area is 163 Å². The van der Waals surface area contributed by atoms with Gasteiger partial charge < -0.3 is 28.1 Å². The second-order valence-electron chi connectivity index (χ2n) is 7.81. The molecule has 28 heavy (non-hydrogen) atoms. The molecular weight excluding hydrogens is 371 g/mol. The lowest BCUT2D eigenvalue weighted by Gasteiger charge is -2.19. The standard InChI is InChI=1S/C20H27FO7/c1-7-11(8-2)9-12(21)17(22)24-15-14(13-10-23-19(3,4)26-13)25-18-16(15)27-20(5,6)28-18/h9,11,13H,7-8,10H2,1-6H3/b12-9+. The Hall–Kier alpha value is -2.06. The zero-order valence-corrected chi connectivity index (χ0v) is 17.1. The summed E-state index contributed by atoms with van der Waals surface area (Å²) >= 11 is 0. The molecule has 1 unspecified atom stereocenters. The fraction of sp³-hybridized carbons (Fsp3) is 0.650.